The van der Waals surface area contributed by atoms with Crippen LogP contribution in [0.4, 0.5) is 4.39 Å². The van der Waals surface area contributed by atoms with E-state index >= 15 is 0 Å². The Morgan fingerprint density at radius 3 is 2.89 bits per heavy atom. The molecular weight excluding hydrogens is 231 g/mol. The Labute approximate surface area is 107 Å². The first-order valence-corrected chi connectivity index (χ1v) is 6.33. The Kier molecular flexibility index (Phi) is 3.66. The van der Waals surface area contributed by atoms with Gasteiger partial charge in [0.2, 0.25) is 5.91 Å². The number of hydrogen-bond acceptors (Lipinski definition) is 2. The van der Waals surface area contributed by atoms with Gasteiger partial charge in [0, 0.05) is 6.54 Å². The summed E-state index contributed by atoms with van der Waals surface area (Å²) >= 11 is 0. The molecule has 1 aromatic carbocycles. The van der Waals surface area contributed by atoms with Crippen molar-refractivity contribution in [1.29, 1.82) is 0 Å². The highest BCUT2D eigenvalue weighted by Crippen LogP contribution is 2.25. The van der Waals surface area contributed by atoms with Gasteiger partial charge in [0.15, 0.2) is 0 Å². The molecule has 18 heavy (non-hydrogen) atoms. The van der Waals surface area contributed by atoms with Crippen LogP contribution in [0, 0.1) is 12.7 Å². The van der Waals surface area contributed by atoms with Gasteiger partial charge in [-0.1, -0.05) is 12.1 Å². The van der Waals surface area contributed by atoms with Crippen LogP contribution >= 0.6 is 0 Å². The molecule has 2 rings (SSSR count). The van der Waals surface area contributed by atoms with Crippen LogP contribution in [0.3, 0.4) is 0 Å². The van der Waals surface area contributed by atoms with Gasteiger partial charge >= 0.3 is 0 Å². The van der Waals surface area contributed by atoms with Crippen LogP contribution in [0.15, 0.2) is 18.2 Å². The van der Waals surface area contributed by atoms with E-state index in [0.717, 1.165) is 18.4 Å². The minimum Gasteiger partial charge on any atom is -0.335 e. The lowest BCUT2D eigenvalue weighted by Gasteiger charge is -2.35. The average molecular weight is 250 g/mol. The Morgan fingerprint density at radius 2 is 2.22 bits per heavy atom. The van der Waals surface area contributed by atoms with Gasteiger partial charge in [0.1, 0.15) is 5.82 Å². The number of hydrogen-bond donors (Lipinski definition) is 1. The third-order valence-electron chi connectivity index (χ3n) is 3.66. The molecule has 0 aliphatic carbocycles. The Balaban J connectivity index is 2.22. The van der Waals surface area contributed by atoms with Crippen molar-refractivity contribution in [3.05, 3.63) is 35.1 Å². The molecule has 2 unspecified atom stereocenters. The highest BCUT2D eigenvalue weighted by molar-refractivity contribution is 5.82. The highest BCUT2D eigenvalue weighted by atomic mass is 19.1. The molecular formula is C14H19FN2O. The molecule has 1 saturated heterocycles. The highest BCUT2D eigenvalue weighted by Gasteiger charge is 2.29. The number of aryl methyl sites for hydroxylation is 1. The van der Waals surface area contributed by atoms with Crippen LogP contribution in [-0.2, 0) is 4.79 Å². The maximum absolute atomic E-state index is 13.6. The fourth-order valence-electron chi connectivity index (χ4n) is 2.36. The summed E-state index contributed by atoms with van der Waals surface area (Å²) in [4.78, 5) is 13.7. The van der Waals surface area contributed by atoms with Gasteiger partial charge in [-0.05, 0) is 43.9 Å². The van der Waals surface area contributed by atoms with Crippen molar-refractivity contribution in [3.8, 4) is 0 Å². The van der Waals surface area contributed by atoms with Gasteiger partial charge in [-0.15, -0.1) is 0 Å². The summed E-state index contributed by atoms with van der Waals surface area (Å²) in [7, 11) is 0. The topological polar surface area (TPSA) is 46.3 Å². The lowest BCUT2D eigenvalue weighted by Crippen LogP contribution is -2.49. The predicted molar refractivity (Wildman–Crippen MR) is 68.5 cm³/mol. The lowest BCUT2D eigenvalue weighted by atomic mass is 9.99. The van der Waals surface area contributed by atoms with E-state index in [1.807, 2.05) is 13.0 Å². The van der Waals surface area contributed by atoms with Gasteiger partial charge in [-0.25, -0.2) is 4.39 Å². The predicted octanol–water partition coefficient (Wildman–Crippen LogP) is 2.14. The van der Waals surface area contributed by atoms with Crippen molar-refractivity contribution in [2.45, 2.75) is 38.8 Å². The molecule has 0 saturated carbocycles. The Bertz CT molecular complexity index is 461. The van der Waals surface area contributed by atoms with Crippen LogP contribution in [0.5, 0.6) is 0 Å². The molecule has 1 heterocycles. The third kappa shape index (κ3) is 2.38. The SMILES string of the molecule is Cc1ccc(C(C)N2CCCC(N)C2=O)cc1F. The number of halogens is 1. The number of nitrogens with two attached hydrogens (primary N) is 1. The molecule has 1 fully saturated rings. The zero-order valence-corrected chi connectivity index (χ0v) is 10.8. The summed E-state index contributed by atoms with van der Waals surface area (Å²) < 4.78 is 13.6. The number of benzene rings is 1. The van der Waals surface area contributed by atoms with E-state index in [2.05, 4.69) is 0 Å². The van der Waals surface area contributed by atoms with Crippen LogP contribution in [0.1, 0.15) is 36.9 Å². The van der Waals surface area contributed by atoms with Gasteiger partial charge in [-0.2, -0.15) is 0 Å². The van der Waals surface area contributed by atoms with Crippen molar-refractivity contribution in [2.75, 3.05) is 6.54 Å². The first-order chi connectivity index (χ1) is 8.50. The maximum Gasteiger partial charge on any atom is 0.239 e. The molecule has 3 nitrogen and oxygen atoms in total. The molecule has 1 aromatic rings. The summed E-state index contributed by atoms with van der Waals surface area (Å²) in [6.07, 6.45) is 1.65. The molecule has 4 heteroatoms. The molecule has 2 atom stereocenters. The summed E-state index contributed by atoms with van der Waals surface area (Å²) in [5.41, 5.74) is 7.21. The smallest absolute Gasteiger partial charge is 0.239 e. The third-order valence-corrected chi connectivity index (χ3v) is 3.66. The second kappa shape index (κ2) is 5.06. The maximum atomic E-state index is 13.6. The second-order valence-electron chi connectivity index (χ2n) is 4.96. The summed E-state index contributed by atoms with van der Waals surface area (Å²) in [6, 6.07) is 4.59. The van der Waals surface area contributed by atoms with Crippen molar-refractivity contribution in [1.82, 2.24) is 4.90 Å². The van der Waals surface area contributed by atoms with Crippen molar-refractivity contribution >= 4 is 5.91 Å². The van der Waals surface area contributed by atoms with Crippen molar-refractivity contribution in [3.63, 3.8) is 0 Å². The minimum absolute atomic E-state index is 0.0327. The second-order valence-corrected chi connectivity index (χ2v) is 4.96. The number of rotatable bonds is 2. The number of piperidine rings is 1. The number of likely N-dealkylation sites (tertiary alicyclic amines) is 1. The van der Waals surface area contributed by atoms with E-state index in [1.54, 1.807) is 17.9 Å². The fourth-order valence-corrected chi connectivity index (χ4v) is 2.36. The van der Waals surface area contributed by atoms with E-state index in [1.165, 1.54) is 6.07 Å². The number of carbonyl (C=O) groups excluding carboxylic acids is 1. The van der Waals surface area contributed by atoms with Gasteiger partial charge < -0.3 is 10.6 Å². The summed E-state index contributed by atoms with van der Waals surface area (Å²) in [5, 5.41) is 0. The zero-order chi connectivity index (χ0) is 13.3. The largest absolute Gasteiger partial charge is 0.335 e. The van der Waals surface area contributed by atoms with Crippen LogP contribution in [0.2, 0.25) is 0 Å². The van der Waals surface area contributed by atoms with E-state index < -0.39 is 6.04 Å². The molecule has 2 N–H and O–H groups in total. The molecule has 1 amide bonds. The summed E-state index contributed by atoms with van der Waals surface area (Å²) in [5.74, 6) is -0.261. The molecule has 1 aliphatic rings. The van der Waals surface area contributed by atoms with E-state index in [4.69, 9.17) is 5.73 Å². The van der Waals surface area contributed by atoms with Gasteiger partial charge in [0.05, 0.1) is 12.1 Å². The van der Waals surface area contributed by atoms with E-state index in [9.17, 15) is 9.18 Å². The number of amides is 1. The van der Waals surface area contributed by atoms with E-state index in [0.29, 0.717) is 12.1 Å². The first-order valence-electron chi connectivity index (χ1n) is 6.33. The average Bonchev–Trinajstić information content (AvgIpc) is 2.35. The van der Waals surface area contributed by atoms with Gasteiger partial charge in [0.25, 0.3) is 0 Å². The molecule has 0 spiro atoms. The molecule has 0 bridgehead atoms. The monoisotopic (exact) mass is 250 g/mol. The Hall–Kier alpha value is -1.42. The standard InChI is InChI=1S/C14H19FN2O/c1-9-5-6-11(8-12(9)15)10(2)17-7-3-4-13(16)14(17)18/h5-6,8,10,13H,3-4,7,16H2,1-2H3. The molecule has 0 radical (unpaired) electrons. The van der Waals surface area contributed by atoms with Crippen LogP contribution in [-0.4, -0.2) is 23.4 Å². The van der Waals surface area contributed by atoms with Crippen molar-refractivity contribution in [2.24, 2.45) is 5.73 Å². The van der Waals surface area contributed by atoms with Crippen LogP contribution in [0.25, 0.3) is 0 Å². The van der Waals surface area contributed by atoms with E-state index in [-0.39, 0.29) is 17.8 Å². The van der Waals surface area contributed by atoms with Crippen molar-refractivity contribution < 1.29 is 9.18 Å². The van der Waals surface area contributed by atoms with Gasteiger partial charge in [-0.3, -0.25) is 4.79 Å². The Morgan fingerprint density at radius 1 is 1.50 bits per heavy atom. The lowest BCUT2D eigenvalue weighted by molar-refractivity contribution is -0.137. The molecule has 98 valence electrons. The zero-order valence-electron chi connectivity index (χ0n) is 10.8. The number of nitrogens with zero attached hydrogens (tertiary/aromatic N) is 1. The molecule has 1 aliphatic heterocycles. The van der Waals surface area contributed by atoms with Crippen LogP contribution < -0.4 is 5.73 Å². The fraction of sp³-hybridized carbons (Fsp3) is 0.500. The summed E-state index contributed by atoms with van der Waals surface area (Å²) in [6.45, 7) is 4.34. The first kappa shape index (κ1) is 13.0. The molecule has 0 aromatic heterocycles. The minimum atomic E-state index is -0.406. The normalized spacial score (nSPS) is 22.1. The quantitative estimate of drug-likeness (QED) is 0.874. The number of carbonyl (C=O) groups is 1.